The van der Waals surface area contributed by atoms with E-state index in [1.54, 1.807) is 12.5 Å². The van der Waals surface area contributed by atoms with Gasteiger partial charge in [-0.25, -0.2) is 4.98 Å². The third-order valence-electron chi connectivity index (χ3n) is 3.40. The molecule has 2 atom stereocenters. The summed E-state index contributed by atoms with van der Waals surface area (Å²) in [5.41, 5.74) is 7.21. The van der Waals surface area contributed by atoms with Crippen LogP contribution in [0.1, 0.15) is 38.4 Å². The fraction of sp³-hybridized carbons (Fsp3) is 0.667. The van der Waals surface area contributed by atoms with E-state index in [2.05, 4.69) is 4.98 Å². The van der Waals surface area contributed by atoms with Gasteiger partial charge in [0.05, 0.1) is 24.3 Å². The van der Waals surface area contributed by atoms with E-state index in [1.165, 1.54) is 0 Å². The highest BCUT2D eigenvalue weighted by atomic mass is 16.2. The Bertz CT molecular complexity index is 412. The molecule has 1 fully saturated rings. The van der Waals surface area contributed by atoms with Crippen LogP contribution in [0.5, 0.6) is 0 Å². The van der Waals surface area contributed by atoms with E-state index >= 15 is 0 Å². The third-order valence-corrected chi connectivity index (χ3v) is 3.40. The Morgan fingerprint density at radius 1 is 1.53 bits per heavy atom. The maximum Gasteiger partial charge on any atom is 0.223 e. The van der Waals surface area contributed by atoms with Gasteiger partial charge in [-0.1, -0.05) is 0 Å². The molecule has 2 unspecified atom stereocenters. The van der Waals surface area contributed by atoms with Crippen molar-refractivity contribution >= 4 is 5.91 Å². The Hall–Kier alpha value is -1.36. The molecule has 0 aromatic carbocycles. The van der Waals surface area contributed by atoms with Crippen molar-refractivity contribution < 1.29 is 4.79 Å². The molecule has 2 N–H and O–H groups in total. The van der Waals surface area contributed by atoms with Crippen molar-refractivity contribution in [3.8, 4) is 0 Å². The number of piperidine rings is 1. The first-order valence-corrected chi connectivity index (χ1v) is 6.05. The summed E-state index contributed by atoms with van der Waals surface area (Å²) in [6, 6.07) is 0.1000. The van der Waals surface area contributed by atoms with Gasteiger partial charge in [0.25, 0.3) is 0 Å². The minimum absolute atomic E-state index is 0.00880. The van der Waals surface area contributed by atoms with Crippen LogP contribution in [-0.2, 0) is 11.8 Å². The maximum atomic E-state index is 12.0. The second-order valence-corrected chi connectivity index (χ2v) is 4.97. The van der Waals surface area contributed by atoms with Gasteiger partial charge >= 0.3 is 0 Å². The summed E-state index contributed by atoms with van der Waals surface area (Å²) in [7, 11) is 1.94. The summed E-state index contributed by atoms with van der Waals surface area (Å²) in [4.78, 5) is 18.1. The highest BCUT2D eigenvalue weighted by Crippen LogP contribution is 2.32. The SMILES string of the molecule is CC(C)N1C(=O)CCC(N)C1c1cncn1C. The first-order chi connectivity index (χ1) is 8.02. The van der Waals surface area contributed by atoms with Crippen molar-refractivity contribution in [2.75, 3.05) is 0 Å². The third kappa shape index (κ3) is 2.07. The van der Waals surface area contributed by atoms with Crippen molar-refractivity contribution in [3.63, 3.8) is 0 Å². The highest BCUT2D eigenvalue weighted by Gasteiger charge is 2.37. The predicted octanol–water partition coefficient (Wildman–Crippen LogP) is 0.819. The molecule has 17 heavy (non-hydrogen) atoms. The normalized spacial score (nSPS) is 25.7. The number of nitrogens with zero attached hydrogens (tertiary/aromatic N) is 3. The molecule has 5 heteroatoms. The second-order valence-electron chi connectivity index (χ2n) is 4.97. The highest BCUT2D eigenvalue weighted by molar-refractivity contribution is 5.78. The zero-order valence-corrected chi connectivity index (χ0v) is 10.6. The summed E-state index contributed by atoms with van der Waals surface area (Å²) in [5, 5.41) is 0. The van der Waals surface area contributed by atoms with Crippen molar-refractivity contribution in [3.05, 3.63) is 18.2 Å². The van der Waals surface area contributed by atoms with Crippen LogP contribution >= 0.6 is 0 Å². The van der Waals surface area contributed by atoms with Crippen LogP contribution in [0.3, 0.4) is 0 Å². The number of aromatic nitrogens is 2. The molecule has 2 heterocycles. The molecule has 0 aliphatic carbocycles. The van der Waals surface area contributed by atoms with Gasteiger partial charge < -0.3 is 15.2 Å². The fourth-order valence-electron chi connectivity index (χ4n) is 2.56. The standard InChI is InChI=1S/C12H20N4O/c1-8(2)16-11(17)5-4-9(13)12(16)10-6-14-7-15(10)3/h6-9,12H,4-5,13H2,1-3H3. The molecule has 5 nitrogen and oxygen atoms in total. The first-order valence-electron chi connectivity index (χ1n) is 6.05. The summed E-state index contributed by atoms with van der Waals surface area (Å²) >= 11 is 0. The van der Waals surface area contributed by atoms with Crippen LogP contribution in [0.2, 0.25) is 0 Å². The minimum Gasteiger partial charge on any atom is -0.336 e. The van der Waals surface area contributed by atoms with Gasteiger partial charge in [-0.05, 0) is 20.3 Å². The summed E-state index contributed by atoms with van der Waals surface area (Å²) < 4.78 is 1.94. The van der Waals surface area contributed by atoms with Crippen LogP contribution in [-0.4, -0.2) is 32.4 Å². The predicted molar refractivity (Wildman–Crippen MR) is 65.1 cm³/mol. The number of amides is 1. The minimum atomic E-state index is -0.0521. The average Bonchev–Trinajstić information content (AvgIpc) is 2.67. The fourth-order valence-corrected chi connectivity index (χ4v) is 2.56. The van der Waals surface area contributed by atoms with Crippen LogP contribution in [0.25, 0.3) is 0 Å². The number of imidazole rings is 1. The average molecular weight is 236 g/mol. The molecule has 0 bridgehead atoms. The zero-order valence-electron chi connectivity index (χ0n) is 10.6. The van der Waals surface area contributed by atoms with Crippen LogP contribution in [0.4, 0.5) is 0 Å². The lowest BCUT2D eigenvalue weighted by molar-refractivity contribution is -0.139. The number of carbonyl (C=O) groups is 1. The van der Waals surface area contributed by atoms with Gasteiger partial charge in [0.15, 0.2) is 0 Å². The van der Waals surface area contributed by atoms with Gasteiger partial charge in [0.2, 0.25) is 5.91 Å². The summed E-state index contributed by atoms with van der Waals surface area (Å²) in [5.74, 6) is 0.188. The van der Waals surface area contributed by atoms with E-state index in [-0.39, 0.29) is 24.0 Å². The van der Waals surface area contributed by atoms with Gasteiger partial charge in [-0.3, -0.25) is 4.79 Å². The van der Waals surface area contributed by atoms with Crippen molar-refractivity contribution in [2.45, 2.75) is 44.8 Å². The molecular formula is C12H20N4O. The number of likely N-dealkylation sites (tertiary alicyclic amines) is 1. The Labute approximate surface area is 102 Å². The van der Waals surface area contributed by atoms with Crippen molar-refractivity contribution in [2.24, 2.45) is 12.8 Å². The van der Waals surface area contributed by atoms with Gasteiger partial charge in [-0.2, -0.15) is 0 Å². The largest absolute Gasteiger partial charge is 0.336 e. The number of carbonyl (C=O) groups excluding carboxylic acids is 1. The van der Waals surface area contributed by atoms with Crippen LogP contribution in [0.15, 0.2) is 12.5 Å². The maximum absolute atomic E-state index is 12.0. The second kappa shape index (κ2) is 4.49. The molecule has 1 aromatic heterocycles. The molecule has 0 radical (unpaired) electrons. The van der Waals surface area contributed by atoms with E-state index < -0.39 is 0 Å². The van der Waals surface area contributed by atoms with Crippen molar-refractivity contribution in [1.82, 2.24) is 14.5 Å². The monoisotopic (exact) mass is 236 g/mol. The number of aryl methyl sites for hydroxylation is 1. The summed E-state index contributed by atoms with van der Waals surface area (Å²) in [6.07, 6.45) is 4.85. The summed E-state index contributed by atoms with van der Waals surface area (Å²) in [6.45, 7) is 4.05. The van der Waals surface area contributed by atoms with Crippen molar-refractivity contribution in [1.29, 1.82) is 0 Å². The Morgan fingerprint density at radius 2 is 2.24 bits per heavy atom. The number of nitrogens with two attached hydrogens (primary N) is 1. The Morgan fingerprint density at radius 3 is 2.76 bits per heavy atom. The molecule has 94 valence electrons. The molecule has 1 amide bonds. The van der Waals surface area contributed by atoms with E-state index in [4.69, 9.17) is 5.73 Å². The van der Waals surface area contributed by atoms with E-state index in [0.29, 0.717) is 6.42 Å². The molecule has 1 saturated heterocycles. The number of hydrogen-bond donors (Lipinski definition) is 1. The zero-order chi connectivity index (χ0) is 12.6. The molecule has 1 aromatic rings. The smallest absolute Gasteiger partial charge is 0.223 e. The van der Waals surface area contributed by atoms with E-state index in [0.717, 1.165) is 12.1 Å². The lowest BCUT2D eigenvalue weighted by Gasteiger charge is -2.42. The molecular weight excluding hydrogens is 216 g/mol. The topological polar surface area (TPSA) is 64.2 Å². The lowest BCUT2D eigenvalue weighted by atomic mass is 9.92. The van der Waals surface area contributed by atoms with E-state index in [1.807, 2.05) is 30.4 Å². The number of hydrogen-bond acceptors (Lipinski definition) is 3. The van der Waals surface area contributed by atoms with Crippen LogP contribution in [0, 0.1) is 0 Å². The molecule has 2 rings (SSSR count). The molecule has 0 saturated carbocycles. The van der Waals surface area contributed by atoms with E-state index in [9.17, 15) is 4.79 Å². The van der Waals surface area contributed by atoms with Crippen LogP contribution < -0.4 is 5.73 Å². The molecule has 0 spiro atoms. The number of rotatable bonds is 2. The molecule has 1 aliphatic heterocycles. The first kappa shape index (κ1) is 12.1. The van der Waals surface area contributed by atoms with Gasteiger partial charge in [-0.15, -0.1) is 0 Å². The lowest BCUT2D eigenvalue weighted by Crippen LogP contribution is -2.52. The molecule has 1 aliphatic rings. The Balaban J connectivity index is 2.39. The van der Waals surface area contributed by atoms with Gasteiger partial charge in [0, 0.05) is 25.6 Å². The quantitative estimate of drug-likeness (QED) is 0.826. The van der Waals surface area contributed by atoms with Gasteiger partial charge in [0.1, 0.15) is 0 Å². The Kier molecular flexibility index (Phi) is 3.19.